The number of fused-ring (bicyclic) bond motifs is 10. The number of hydrogen-bond donors (Lipinski definition) is 1. The molecule has 1 N–H and O–H groups in total. The average Bonchev–Trinajstić information content (AvgIpc) is 3.58. The number of aliphatic carboxylic acids is 1. The van der Waals surface area contributed by atoms with Gasteiger partial charge in [-0.1, -0.05) is 19.4 Å². The van der Waals surface area contributed by atoms with Crippen LogP contribution in [0.2, 0.25) is 0 Å². The van der Waals surface area contributed by atoms with Crippen molar-refractivity contribution in [3.05, 3.63) is 11.6 Å². The molecule has 0 saturated heterocycles. The lowest BCUT2D eigenvalue weighted by Crippen LogP contribution is -2.58. The molecule has 0 aliphatic heterocycles. The Hall–Kier alpha value is -1.16. The van der Waals surface area contributed by atoms with Crippen LogP contribution in [0.4, 0.5) is 0 Å². The van der Waals surface area contributed by atoms with Gasteiger partial charge >= 0.3 is 5.97 Å². The van der Waals surface area contributed by atoms with Crippen LogP contribution in [-0.4, -0.2) is 29.6 Å². The van der Waals surface area contributed by atoms with Crippen LogP contribution in [0.1, 0.15) is 65.2 Å². The lowest BCUT2D eigenvalue weighted by molar-refractivity contribution is -0.173. The molecule has 6 aliphatic carbocycles. The van der Waals surface area contributed by atoms with Gasteiger partial charge in [0, 0.05) is 25.4 Å². The van der Waals surface area contributed by atoms with Gasteiger partial charge in [0.15, 0.2) is 5.78 Å². The van der Waals surface area contributed by atoms with Crippen molar-refractivity contribution in [2.45, 2.75) is 70.8 Å². The van der Waals surface area contributed by atoms with Crippen molar-refractivity contribution >= 4 is 11.8 Å². The quantitative estimate of drug-likeness (QED) is 0.758. The van der Waals surface area contributed by atoms with Crippen molar-refractivity contribution in [3.63, 3.8) is 0 Å². The molecule has 0 bridgehead atoms. The van der Waals surface area contributed by atoms with Crippen LogP contribution in [0.5, 0.6) is 0 Å². The number of carbonyl (C=O) groups excluding carboxylic acids is 1. The van der Waals surface area contributed by atoms with Gasteiger partial charge in [0.2, 0.25) is 0 Å². The van der Waals surface area contributed by atoms with Crippen molar-refractivity contribution in [2.24, 2.45) is 52.3 Å². The number of allylic oxidation sites excluding steroid dienone is 1. The van der Waals surface area contributed by atoms with Crippen LogP contribution in [-0.2, 0) is 14.3 Å². The smallest absolute Gasteiger partial charge is 0.303 e. The van der Waals surface area contributed by atoms with Gasteiger partial charge in [0.05, 0.1) is 5.60 Å². The molecule has 4 nitrogen and oxygen atoms in total. The van der Waals surface area contributed by atoms with E-state index in [1.165, 1.54) is 24.8 Å². The van der Waals surface area contributed by atoms with E-state index in [1.54, 1.807) is 0 Å². The van der Waals surface area contributed by atoms with Gasteiger partial charge in [-0.2, -0.15) is 0 Å². The highest BCUT2D eigenvalue weighted by molar-refractivity contribution is 5.92. The number of hydrogen-bond acceptors (Lipinski definition) is 3. The molecule has 0 heterocycles. The monoisotopic (exact) mass is 398 g/mol. The second kappa shape index (κ2) is 5.55. The molecule has 6 aliphatic rings. The summed E-state index contributed by atoms with van der Waals surface area (Å²) in [6.07, 6.45) is 9.53. The van der Waals surface area contributed by atoms with E-state index in [2.05, 4.69) is 13.8 Å². The number of ether oxygens (including phenoxy) is 1. The maximum Gasteiger partial charge on any atom is 0.303 e. The Bertz CT molecular complexity index is 831. The summed E-state index contributed by atoms with van der Waals surface area (Å²) in [7, 11) is 1.84. The maximum absolute atomic E-state index is 12.2. The van der Waals surface area contributed by atoms with Crippen LogP contribution in [0.15, 0.2) is 11.6 Å². The zero-order valence-corrected chi connectivity index (χ0v) is 17.9. The molecule has 0 aromatic heterocycles. The first kappa shape index (κ1) is 18.6. The number of carboxylic acid groups (broad SMARTS) is 1. The van der Waals surface area contributed by atoms with Gasteiger partial charge < -0.3 is 9.84 Å². The van der Waals surface area contributed by atoms with Gasteiger partial charge in [0.1, 0.15) is 0 Å². The molecule has 6 rings (SSSR count). The van der Waals surface area contributed by atoms with Gasteiger partial charge in [-0.3, -0.25) is 9.59 Å². The number of rotatable bonds is 4. The third kappa shape index (κ3) is 2.10. The molecule has 4 heteroatoms. The molecule has 0 spiro atoms. The average molecular weight is 399 g/mol. The maximum atomic E-state index is 12.2. The van der Waals surface area contributed by atoms with Gasteiger partial charge in [-0.15, -0.1) is 0 Å². The van der Waals surface area contributed by atoms with Crippen molar-refractivity contribution < 1.29 is 19.4 Å². The summed E-state index contributed by atoms with van der Waals surface area (Å²) in [6, 6.07) is 0. The summed E-state index contributed by atoms with van der Waals surface area (Å²) in [5.74, 6) is 4.42. The van der Waals surface area contributed by atoms with E-state index in [9.17, 15) is 14.7 Å². The predicted molar refractivity (Wildman–Crippen MR) is 108 cm³/mol. The van der Waals surface area contributed by atoms with E-state index in [0.29, 0.717) is 35.9 Å². The lowest BCUT2D eigenvalue weighted by atomic mass is 9.45. The fraction of sp³-hybridized carbons (Fsp3) is 0.840. The third-order valence-corrected chi connectivity index (χ3v) is 10.9. The molecule has 5 fully saturated rings. The van der Waals surface area contributed by atoms with E-state index in [4.69, 9.17) is 4.74 Å². The van der Waals surface area contributed by atoms with Crippen LogP contribution >= 0.6 is 0 Å². The topological polar surface area (TPSA) is 63.6 Å². The van der Waals surface area contributed by atoms with Crippen molar-refractivity contribution in [1.82, 2.24) is 0 Å². The molecule has 158 valence electrons. The van der Waals surface area contributed by atoms with E-state index in [1.807, 2.05) is 13.2 Å². The SMILES string of the molecule is COC1(CCC(=O)O)C2CC2C2C3C4CC4C4=CC(=O)CCC4(C)C3CCC21C. The van der Waals surface area contributed by atoms with Crippen molar-refractivity contribution in [2.75, 3.05) is 7.11 Å². The summed E-state index contributed by atoms with van der Waals surface area (Å²) < 4.78 is 6.33. The molecule has 10 atom stereocenters. The Labute approximate surface area is 173 Å². The zero-order valence-electron chi connectivity index (χ0n) is 17.9. The lowest BCUT2D eigenvalue weighted by Gasteiger charge is -2.60. The number of carboxylic acids is 1. The van der Waals surface area contributed by atoms with E-state index < -0.39 is 5.97 Å². The molecule has 29 heavy (non-hydrogen) atoms. The standard InChI is InChI=1S/C25H34O4/c1-23-7-4-13(26)10-18(23)14-11-15(14)21-17(23)5-8-24(2)22(21)16-12-19(16)25(24,29-3)9-6-20(27)28/h10,14-17,19,21-22H,4-9,11-12H2,1-3H3,(H,27,28). The highest BCUT2D eigenvalue weighted by Gasteiger charge is 2.79. The van der Waals surface area contributed by atoms with Gasteiger partial charge in [-0.05, 0) is 91.4 Å². The van der Waals surface area contributed by atoms with Crippen LogP contribution in [0.3, 0.4) is 0 Å². The first-order valence-corrected chi connectivity index (χ1v) is 11.8. The largest absolute Gasteiger partial charge is 0.481 e. The molecular formula is C25H34O4. The predicted octanol–water partition coefficient (Wildman–Crippen LogP) is 4.48. The van der Waals surface area contributed by atoms with Crippen molar-refractivity contribution in [1.29, 1.82) is 0 Å². The van der Waals surface area contributed by atoms with Gasteiger partial charge in [-0.25, -0.2) is 0 Å². The highest BCUT2D eigenvalue weighted by atomic mass is 16.5. The fourth-order valence-electron chi connectivity index (χ4n) is 9.74. The third-order valence-electron chi connectivity index (χ3n) is 10.9. The Kier molecular flexibility index (Phi) is 3.56. The van der Waals surface area contributed by atoms with Crippen LogP contribution < -0.4 is 0 Å². The Morgan fingerprint density at radius 2 is 2.00 bits per heavy atom. The number of ketones is 1. The van der Waals surface area contributed by atoms with Gasteiger partial charge in [0.25, 0.3) is 0 Å². The highest BCUT2D eigenvalue weighted by Crippen LogP contribution is 2.81. The molecule has 0 aromatic carbocycles. The van der Waals surface area contributed by atoms with E-state index in [-0.39, 0.29) is 22.9 Å². The zero-order chi connectivity index (χ0) is 20.3. The van der Waals surface area contributed by atoms with E-state index >= 15 is 0 Å². The summed E-state index contributed by atoms with van der Waals surface area (Å²) in [6.45, 7) is 4.91. The normalized spacial score (nSPS) is 56.3. The Morgan fingerprint density at radius 1 is 1.21 bits per heavy atom. The molecular weight excluding hydrogens is 364 g/mol. The molecule has 5 saturated carbocycles. The first-order chi connectivity index (χ1) is 13.8. The second-order valence-electron chi connectivity index (χ2n) is 11.6. The first-order valence-electron chi connectivity index (χ1n) is 11.8. The molecule has 0 aromatic rings. The Morgan fingerprint density at radius 3 is 2.72 bits per heavy atom. The number of carbonyl (C=O) groups is 2. The fourth-order valence-corrected chi connectivity index (χ4v) is 9.74. The van der Waals surface area contributed by atoms with Crippen molar-refractivity contribution in [3.8, 4) is 0 Å². The molecule has 10 unspecified atom stereocenters. The summed E-state index contributed by atoms with van der Waals surface area (Å²) in [5.41, 5.74) is 1.55. The summed E-state index contributed by atoms with van der Waals surface area (Å²) in [5, 5.41) is 9.40. The molecule has 0 radical (unpaired) electrons. The minimum atomic E-state index is -0.701. The van der Waals surface area contributed by atoms with Crippen LogP contribution in [0.25, 0.3) is 0 Å². The van der Waals surface area contributed by atoms with E-state index in [0.717, 1.165) is 37.0 Å². The number of methoxy groups -OCH3 is 1. The summed E-state index contributed by atoms with van der Waals surface area (Å²) in [4.78, 5) is 23.6. The van der Waals surface area contributed by atoms with Crippen LogP contribution in [0, 0.1) is 52.3 Å². The minimum Gasteiger partial charge on any atom is -0.481 e. The minimum absolute atomic E-state index is 0.0984. The molecule has 0 amide bonds. The second-order valence-corrected chi connectivity index (χ2v) is 11.6. The summed E-state index contributed by atoms with van der Waals surface area (Å²) >= 11 is 0. The Balaban J connectivity index is 1.40.